The summed E-state index contributed by atoms with van der Waals surface area (Å²) in [5.41, 5.74) is 4.25. The normalized spacial score (nSPS) is 14.3. The summed E-state index contributed by atoms with van der Waals surface area (Å²) >= 11 is 12.4. The number of nitrogens with one attached hydrogen (secondary N) is 1. The number of hydrogen-bond acceptors (Lipinski definition) is 6. The minimum Gasteiger partial charge on any atom is -0.478 e. The van der Waals surface area contributed by atoms with Gasteiger partial charge in [-0.2, -0.15) is 13.2 Å². The fraction of sp³-hybridized carbons (Fsp3) is 0.405. The fourth-order valence-electron chi connectivity index (χ4n) is 5.70. The predicted molar refractivity (Wildman–Crippen MR) is 199 cm³/mol. The van der Waals surface area contributed by atoms with Gasteiger partial charge in [-0.15, -0.1) is 0 Å². The summed E-state index contributed by atoms with van der Waals surface area (Å²) in [6, 6.07) is 23.1. The first-order chi connectivity index (χ1) is 24.1. The minimum atomic E-state index is -4.78. The standard InChI is InChI=1S/C34H34Cl2F3N3O3S.C2H6.CH5N/c35-26-10-5-23(6-11-26)33(24-7-12-27(36)13-8-24)25-9-14-30-29(21-25)31(22-32(41-30)45-20-4-2-1-3-19-43)40-28-15-17-42(18-16-28)46(44)34(37,38)39;2*1-2/h5-14,19,21-22,28,33H,1-4,15-18,20H2,(H,40,41);1-2H3;2H2,1H3. The van der Waals surface area contributed by atoms with Crippen LogP contribution in [-0.2, 0) is 15.8 Å². The topological polar surface area (TPSA) is 97.5 Å². The van der Waals surface area contributed by atoms with Crippen LogP contribution < -0.4 is 15.8 Å². The molecule has 7 nitrogen and oxygen atoms in total. The zero-order valence-corrected chi connectivity index (χ0v) is 30.8. The van der Waals surface area contributed by atoms with Gasteiger partial charge in [0.2, 0.25) is 16.9 Å². The molecule has 1 saturated heterocycles. The van der Waals surface area contributed by atoms with Crippen molar-refractivity contribution in [3.63, 3.8) is 0 Å². The van der Waals surface area contributed by atoms with Crippen LogP contribution in [0.1, 0.15) is 75.0 Å². The van der Waals surface area contributed by atoms with Crippen LogP contribution in [0.4, 0.5) is 18.9 Å². The van der Waals surface area contributed by atoms with E-state index in [2.05, 4.69) is 17.1 Å². The van der Waals surface area contributed by atoms with Gasteiger partial charge in [0, 0.05) is 58.7 Å². The zero-order chi connectivity index (χ0) is 36.7. The number of piperidine rings is 1. The predicted octanol–water partition coefficient (Wildman–Crippen LogP) is 9.52. The molecule has 1 unspecified atom stereocenters. The van der Waals surface area contributed by atoms with Crippen molar-refractivity contribution in [2.75, 3.05) is 32.1 Å². The smallest absolute Gasteiger partial charge is 0.478 e. The lowest BCUT2D eigenvalue weighted by Gasteiger charge is -2.32. The Morgan fingerprint density at radius 2 is 1.48 bits per heavy atom. The molecule has 0 spiro atoms. The first-order valence-corrected chi connectivity index (χ1v) is 18.6. The van der Waals surface area contributed by atoms with E-state index in [1.807, 2.05) is 80.6 Å². The number of carbonyl (C=O) groups is 1. The van der Waals surface area contributed by atoms with Crippen LogP contribution in [0.5, 0.6) is 5.88 Å². The maximum absolute atomic E-state index is 13.1. The number of nitrogens with two attached hydrogens (primary N) is 1. The molecule has 272 valence electrons. The van der Waals surface area contributed by atoms with E-state index >= 15 is 0 Å². The number of halogens is 5. The second kappa shape index (κ2) is 20.6. The highest BCUT2D eigenvalue weighted by Crippen LogP contribution is 2.37. The first kappa shape index (κ1) is 41.2. The van der Waals surface area contributed by atoms with E-state index in [1.54, 1.807) is 0 Å². The van der Waals surface area contributed by atoms with E-state index in [9.17, 15) is 22.2 Å². The van der Waals surface area contributed by atoms with E-state index < -0.39 is 16.5 Å². The number of aromatic nitrogens is 1. The molecular formula is C37H45Cl2F3N4O3S. The molecule has 1 aliphatic rings. The molecule has 0 radical (unpaired) electrons. The third-order valence-electron chi connectivity index (χ3n) is 8.01. The average Bonchev–Trinajstić information content (AvgIpc) is 3.13. The molecule has 1 aliphatic heterocycles. The van der Waals surface area contributed by atoms with E-state index in [4.69, 9.17) is 32.9 Å². The molecule has 0 bridgehead atoms. The molecule has 1 aromatic heterocycles. The van der Waals surface area contributed by atoms with Gasteiger partial charge in [0.15, 0.2) is 0 Å². The number of rotatable bonds is 13. The number of alkyl halides is 3. The molecule has 5 rings (SSSR count). The van der Waals surface area contributed by atoms with Crippen LogP contribution in [0.15, 0.2) is 72.8 Å². The number of carbonyl (C=O) groups excluding carboxylic acids is 1. The zero-order valence-electron chi connectivity index (χ0n) is 28.5. The van der Waals surface area contributed by atoms with Crippen molar-refractivity contribution in [2.24, 2.45) is 5.73 Å². The second-order valence-electron chi connectivity index (χ2n) is 11.2. The van der Waals surface area contributed by atoms with Crippen LogP contribution in [-0.4, -0.2) is 58.1 Å². The number of aldehydes is 1. The Morgan fingerprint density at radius 1 is 0.920 bits per heavy atom. The van der Waals surface area contributed by atoms with Gasteiger partial charge in [0.1, 0.15) is 6.29 Å². The largest absolute Gasteiger partial charge is 0.485 e. The monoisotopic (exact) mass is 752 g/mol. The number of benzene rings is 3. The Balaban J connectivity index is 0.00000163. The van der Waals surface area contributed by atoms with Gasteiger partial charge >= 0.3 is 5.51 Å². The van der Waals surface area contributed by atoms with Crippen LogP contribution in [0.2, 0.25) is 10.0 Å². The summed E-state index contributed by atoms with van der Waals surface area (Å²) in [5.74, 6) is 0.287. The van der Waals surface area contributed by atoms with Crippen LogP contribution in [0.25, 0.3) is 10.9 Å². The van der Waals surface area contributed by atoms with Crippen molar-refractivity contribution in [3.05, 3.63) is 99.5 Å². The van der Waals surface area contributed by atoms with Crippen molar-refractivity contribution in [2.45, 2.75) is 69.8 Å². The average molecular weight is 754 g/mol. The Labute approximate surface area is 305 Å². The third-order valence-corrected chi connectivity index (χ3v) is 9.75. The molecule has 50 heavy (non-hydrogen) atoms. The van der Waals surface area contributed by atoms with Crippen LogP contribution in [0.3, 0.4) is 0 Å². The molecule has 3 aromatic carbocycles. The highest BCUT2D eigenvalue weighted by molar-refractivity contribution is 7.83. The fourth-order valence-corrected chi connectivity index (χ4v) is 6.78. The Bertz CT molecular complexity index is 1610. The molecule has 4 aromatic rings. The van der Waals surface area contributed by atoms with Crippen molar-refractivity contribution in [1.29, 1.82) is 0 Å². The van der Waals surface area contributed by atoms with E-state index in [0.29, 0.717) is 47.3 Å². The van der Waals surface area contributed by atoms with Crippen molar-refractivity contribution in [3.8, 4) is 5.88 Å². The van der Waals surface area contributed by atoms with Gasteiger partial charge in [0.25, 0.3) is 0 Å². The number of fused-ring (bicyclic) bond motifs is 1. The van der Waals surface area contributed by atoms with E-state index in [0.717, 1.165) is 57.6 Å². The summed E-state index contributed by atoms with van der Waals surface area (Å²) < 4.78 is 58.1. The molecule has 0 amide bonds. The maximum Gasteiger partial charge on any atom is 0.485 e. The molecule has 0 aliphatic carbocycles. The number of pyridine rings is 1. The number of unbranched alkanes of at least 4 members (excludes halogenated alkanes) is 3. The number of nitrogens with zero attached hydrogens (tertiary/aromatic N) is 2. The Kier molecular flexibility index (Phi) is 17.0. The van der Waals surface area contributed by atoms with Crippen molar-refractivity contribution < 1.29 is 26.9 Å². The van der Waals surface area contributed by atoms with E-state index in [1.165, 1.54) is 7.05 Å². The lowest BCUT2D eigenvalue weighted by molar-refractivity contribution is -0.107. The number of hydrogen-bond donors (Lipinski definition) is 2. The number of anilines is 1. The quantitative estimate of drug-likeness (QED) is 0.0803. The van der Waals surface area contributed by atoms with Gasteiger partial charge in [-0.1, -0.05) is 67.4 Å². The Hall–Kier alpha value is -3.22. The summed E-state index contributed by atoms with van der Waals surface area (Å²) in [5, 5.41) is 5.65. The Morgan fingerprint density at radius 3 is 2.02 bits per heavy atom. The van der Waals surface area contributed by atoms with Gasteiger partial charge in [-0.05, 0) is 92.2 Å². The molecule has 13 heteroatoms. The highest BCUT2D eigenvalue weighted by atomic mass is 35.5. The lowest BCUT2D eigenvalue weighted by atomic mass is 9.84. The van der Waals surface area contributed by atoms with Crippen molar-refractivity contribution >= 4 is 57.1 Å². The molecule has 2 heterocycles. The minimum absolute atomic E-state index is 0.0530. The molecule has 1 fully saturated rings. The third kappa shape index (κ3) is 11.7. The maximum atomic E-state index is 13.1. The lowest BCUT2D eigenvalue weighted by Crippen LogP contribution is -2.43. The summed E-state index contributed by atoms with van der Waals surface area (Å²) in [4.78, 5) is 15.4. The second-order valence-corrected chi connectivity index (χ2v) is 13.6. The van der Waals surface area contributed by atoms with Gasteiger partial charge in [-0.3, -0.25) is 0 Å². The summed E-state index contributed by atoms with van der Waals surface area (Å²) in [6.07, 6.45) is 4.63. The summed E-state index contributed by atoms with van der Waals surface area (Å²) in [7, 11) is -1.53. The van der Waals surface area contributed by atoms with E-state index in [-0.39, 0.29) is 25.0 Å². The van der Waals surface area contributed by atoms with Crippen LogP contribution >= 0.6 is 23.2 Å². The highest BCUT2D eigenvalue weighted by Gasteiger charge is 2.42. The van der Waals surface area contributed by atoms with Gasteiger partial charge < -0.3 is 20.6 Å². The SMILES string of the molecule is CC.CN.O=CCCCCCOc1cc(NC2CCN(S(=O)C(F)(F)F)CC2)c2cc(C(c3ccc(Cl)cc3)c3ccc(Cl)cc3)ccc2n1. The van der Waals surface area contributed by atoms with Crippen LogP contribution in [0, 0.1) is 0 Å². The van der Waals surface area contributed by atoms with Gasteiger partial charge in [-0.25, -0.2) is 13.5 Å². The first-order valence-electron chi connectivity index (χ1n) is 16.7. The molecule has 0 saturated carbocycles. The molecule has 1 atom stereocenters. The number of ether oxygens (including phenoxy) is 1. The van der Waals surface area contributed by atoms with Gasteiger partial charge in [0.05, 0.1) is 12.1 Å². The molecule has 3 N–H and O–H groups in total. The molecular weight excluding hydrogens is 708 g/mol. The summed E-state index contributed by atoms with van der Waals surface area (Å²) in [6.45, 7) is 4.54. The van der Waals surface area contributed by atoms with Crippen molar-refractivity contribution in [1.82, 2.24) is 9.29 Å².